The van der Waals surface area contributed by atoms with E-state index >= 15 is 0 Å². The van der Waals surface area contributed by atoms with Crippen LogP contribution in [0.15, 0.2) is 18.2 Å². The minimum atomic E-state index is -0.536. The SMILES string of the molecule is COc1ccc(C(=O)NC(C)C(C)CBr)cc1F. The van der Waals surface area contributed by atoms with Crippen LogP contribution in [0.5, 0.6) is 5.75 Å². The van der Waals surface area contributed by atoms with Crippen LogP contribution in [0.1, 0.15) is 24.2 Å². The van der Waals surface area contributed by atoms with E-state index in [0.29, 0.717) is 11.5 Å². The second-order valence-corrected chi connectivity index (χ2v) is 4.89. The Morgan fingerprint density at radius 2 is 2.17 bits per heavy atom. The predicted molar refractivity (Wildman–Crippen MR) is 72.8 cm³/mol. The molecule has 100 valence electrons. The van der Waals surface area contributed by atoms with E-state index in [1.807, 2.05) is 13.8 Å². The van der Waals surface area contributed by atoms with Gasteiger partial charge in [-0.3, -0.25) is 4.79 Å². The van der Waals surface area contributed by atoms with Gasteiger partial charge in [-0.2, -0.15) is 0 Å². The van der Waals surface area contributed by atoms with Gasteiger partial charge in [0.1, 0.15) is 0 Å². The fraction of sp³-hybridized carbons (Fsp3) is 0.462. The number of benzene rings is 1. The van der Waals surface area contributed by atoms with Gasteiger partial charge >= 0.3 is 0 Å². The molecule has 0 aliphatic carbocycles. The number of alkyl halides is 1. The molecule has 0 aliphatic rings. The van der Waals surface area contributed by atoms with Crippen molar-refractivity contribution in [2.45, 2.75) is 19.9 Å². The molecule has 2 unspecified atom stereocenters. The molecule has 0 bridgehead atoms. The van der Waals surface area contributed by atoms with Crippen LogP contribution in [0.25, 0.3) is 0 Å². The minimum absolute atomic E-state index is 0.0158. The molecule has 0 aliphatic heterocycles. The second kappa shape index (κ2) is 6.73. The van der Waals surface area contributed by atoms with Gasteiger partial charge in [-0.25, -0.2) is 4.39 Å². The van der Waals surface area contributed by atoms with E-state index in [2.05, 4.69) is 21.2 Å². The highest BCUT2D eigenvalue weighted by Gasteiger charge is 2.16. The van der Waals surface area contributed by atoms with E-state index in [0.717, 1.165) is 5.33 Å². The van der Waals surface area contributed by atoms with E-state index < -0.39 is 5.82 Å². The van der Waals surface area contributed by atoms with E-state index in [-0.39, 0.29) is 17.7 Å². The Morgan fingerprint density at radius 3 is 2.67 bits per heavy atom. The number of ether oxygens (including phenoxy) is 1. The molecule has 18 heavy (non-hydrogen) atoms. The Labute approximate surface area is 115 Å². The normalized spacial score (nSPS) is 13.8. The largest absolute Gasteiger partial charge is 0.494 e. The molecule has 5 heteroatoms. The number of amides is 1. The molecule has 0 spiro atoms. The summed E-state index contributed by atoms with van der Waals surface area (Å²) in [6, 6.07) is 4.19. The van der Waals surface area contributed by atoms with Crippen LogP contribution >= 0.6 is 15.9 Å². The molecule has 0 saturated heterocycles. The summed E-state index contributed by atoms with van der Waals surface area (Å²) in [6.45, 7) is 3.94. The van der Waals surface area contributed by atoms with Gasteiger partial charge in [-0.1, -0.05) is 22.9 Å². The van der Waals surface area contributed by atoms with Crippen molar-refractivity contribution in [1.82, 2.24) is 5.32 Å². The zero-order valence-corrected chi connectivity index (χ0v) is 12.3. The third-order valence-electron chi connectivity index (χ3n) is 2.87. The number of carbonyl (C=O) groups excluding carboxylic acids is 1. The van der Waals surface area contributed by atoms with Crippen LogP contribution in [0, 0.1) is 11.7 Å². The van der Waals surface area contributed by atoms with Crippen LogP contribution in [0.2, 0.25) is 0 Å². The Kier molecular flexibility index (Phi) is 5.59. The van der Waals surface area contributed by atoms with Crippen molar-refractivity contribution in [3.05, 3.63) is 29.6 Å². The summed E-state index contributed by atoms with van der Waals surface area (Å²) in [5.41, 5.74) is 0.293. The summed E-state index contributed by atoms with van der Waals surface area (Å²) >= 11 is 3.36. The first-order chi connectivity index (χ1) is 8.49. The molecule has 1 aromatic rings. The Hall–Kier alpha value is -1.10. The van der Waals surface area contributed by atoms with Gasteiger partial charge in [0.15, 0.2) is 11.6 Å². The number of carbonyl (C=O) groups is 1. The standard InChI is InChI=1S/C13H17BrFNO2/c1-8(7-14)9(2)16-13(17)10-4-5-12(18-3)11(15)6-10/h4-6,8-9H,7H2,1-3H3,(H,16,17). The predicted octanol–water partition coefficient (Wildman–Crippen LogP) is 2.98. The van der Waals surface area contributed by atoms with Gasteiger partial charge < -0.3 is 10.1 Å². The Balaban J connectivity index is 2.76. The van der Waals surface area contributed by atoms with Crippen molar-refractivity contribution < 1.29 is 13.9 Å². The van der Waals surface area contributed by atoms with Crippen LogP contribution < -0.4 is 10.1 Å². The van der Waals surface area contributed by atoms with E-state index in [1.54, 1.807) is 6.07 Å². The number of halogens is 2. The molecule has 0 saturated carbocycles. The lowest BCUT2D eigenvalue weighted by Gasteiger charge is -2.19. The number of rotatable bonds is 5. The van der Waals surface area contributed by atoms with E-state index in [4.69, 9.17) is 4.74 Å². The molecule has 2 atom stereocenters. The van der Waals surface area contributed by atoms with Crippen molar-refractivity contribution in [1.29, 1.82) is 0 Å². The second-order valence-electron chi connectivity index (χ2n) is 4.24. The van der Waals surface area contributed by atoms with Gasteiger partial charge in [-0.15, -0.1) is 0 Å². The summed E-state index contributed by atoms with van der Waals surface area (Å²) in [7, 11) is 1.39. The summed E-state index contributed by atoms with van der Waals surface area (Å²) in [5.74, 6) is -0.381. The zero-order valence-electron chi connectivity index (χ0n) is 10.7. The minimum Gasteiger partial charge on any atom is -0.494 e. The molecular formula is C13H17BrFNO2. The fourth-order valence-corrected chi connectivity index (χ4v) is 1.93. The molecule has 1 N–H and O–H groups in total. The molecule has 3 nitrogen and oxygen atoms in total. The van der Waals surface area contributed by atoms with Crippen molar-refractivity contribution in [2.24, 2.45) is 5.92 Å². The lowest BCUT2D eigenvalue weighted by Crippen LogP contribution is -2.37. The topological polar surface area (TPSA) is 38.3 Å². The molecule has 1 aromatic carbocycles. The third-order valence-corrected chi connectivity index (χ3v) is 3.89. The maximum Gasteiger partial charge on any atom is 0.251 e. The molecular weight excluding hydrogens is 301 g/mol. The van der Waals surface area contributed by atoms with E-state index in [9.17, 15) is 9.18 Å². The van der Waals surface area contributed by atoms with Crippen LogP contribution in [-0.4, -0.2) is 24.4 Å². The summed E-state index contributed by atoms with van der Waals surface area (Å²) < 4.78 is 18.3. The summed E-state index contributed by atoms with van der Waals surface area (Å²) in [6.07, 6.45) is 0. The number of hydrogen-bond donors (Lipinski definition) is 1. The molecule has 0 heterocycles. The smallest absolute Gasteiger partial charge is 0.251 e. The lowest BCUT2D eigenvalue weighted by molar-refractivity contribution is 0.0930. The summed E-state index contributed by atoms with van der Waals surface area (Å²) in [5, 5.41) is 3.63. The maximum atomic E-state index is 13.5. The van der Waals surface area contributed by atoms with Crippen LogP contribution in [0.4, 0.5) is 4.39 Å². The van der Waals surface area contributed by atoms with Gasteiger partial charge in [0, 0.05) is 16.9 Å². The van der Waals surface area contributed by atoms with Gasteiger partial charge in [0.25, 0.3) is 5.91 Å². The molecule has 1 amide bonds. The van der Waals surface area contributed by atoms with Gasteiger partial charge in [-0.05, 0) is 31.0 Å². The number of nitrogens with one attached hydrogen (secondary N) is 1. The Morgan fingerprint density at radius 1 is 1.50 bits per heavy atom. The first-order valence-electron chi connectivity index (χ1n) is 5.70. The van der Waals surface area contributed by atoms with Crippen molar-refractivity contribution in [3.63, 3.8) is 0 Å². The number of methoxy groups -OCH3 is 1. The average Bonchev–Trinajstić information content (AvgIpc) is 2.37. The average molecular weight is 318 g/mol. The van der Waals surface area contributed by atoms with Gasteiger partial charge in [0.05, 0.1) is 7.11 Å². The highest BCUT2D eigenvalue weighted by atomic mass is 79.9. The summed E-state index contributed by atoms with van der Waals surface area (Å²) in [4.78, 5) is 11.9. The molecule has 0 radical (unpaired) electrons. The van der Waals surface area contributed by atoms with Crippen molar-refractivity contribution in [2.75, 3.05) is 12.4 Å². The van der Waals surface area contributed by atoms with E-state index in [1.165, 1.54) is 19.2 Å². The van der Waals surface area contributed by atoms with Crippen molar-refractivity contribution in [3.8, 4) is 5.75 Å². The van der Waals surface area contributed by atoms with Gasteiger partial charge in [0.2, 0.25) is 0 Å². The monoisotopic (exact) mass is 317 g/mol. The molecule has 1 rings (SSSR count). The fourth-order valence-electron chi connectivity index (χ4n) is 1.37. The van der Waals surface area contributed by atoms with Crippen molar-refractivity contribution >= 4 is 21.8 Å². The quantitative estimate of drug-likeness (QED) is 0.848. The highest BCUT2D eigenvalue weighted by molar-refractivity contribution is 9.09. The zero-order chi connectivity index (χ0) is 13.7. The highest BCUT2D eigenvalue weighted by Crippen LogP contribution is 2.18. The molecule has 0 aromatic heterocycles. The Bertz CT molecular complexity index is 425. The van der Waals surface area contributed by atoms with Crippen LogP contribution in [0.3, 0.4) is 0 Å². The lowest BCUT2D eigenvalue weighted by atomic mass is 10.1. The van der Waals surface area contributed by atoms with Crippen LogP contribution in [-0.2, 0) is 0 Å². The first-order valence-corrected chi connectivity index (χ1v) is 6.82. The third kappa shape index (κ3) is 3.70. The molecule has 0 fully saturated rings. The number of hydrogen-bond acceptors (Lipinski definition) is 2. The maximum absolute atomic E-state index is 13.5. The first kappa shape index (κ1) is 15.0.